The Bertz CT molecular complexity index is 381. The summed E-state index contributed by atoms with van der Waals surface area (Å²) in [5.74, 6) is -0.144. The topological polar surface area (TPSA) is 55.1 Å². The van der Waals surface area contributed by atoms with Crippen molar-refractivity contribution in [3.63, 3.8) is 0 Å². The molecule has 94 valence electrons. The van der Waals surface area contributed by atoms with E-state index >= 15 is 0 Å². The van der Waals surface area contributed by atoms with Crippen molar-refractivity contribution < 1.29 is 4.79 Å². The van der Waals surface area contributed by atoms with Gasteiger partial charge in [0, 0.05) is 10.6 Å². The Morgan fingerprint density at radius 3 is 2.24 bits per heavy atom. The summed E-state index contributed by atoms with van der Waals surface area (Å²) < 4.78 is 0. The van der Waals surface area contributed by atoms with Crippen molar-refractivity contribution in [2.45, 2.75) is 31.7 Å². The highest BCUT2D eigenvalue weighted by Gasteiger charge is 2.27. The standard InChI is InChI=1S/C13H20N2OS/c1-13(2,3)11(14)12(16)15-9-5-7-10(17-4)8-6-9/h5-8,11H,14H2,1-4H3,(H,15,16)/t11-/m0/s1. The van der Waals surface area contributed by atoms with Crippen LogP contribution in [0.1, 0.15) is 20.8 Å². The quantitative estimate of drug-likeness (QED) is 0.813. The molecule has 0 saturated carbocycles. The van der Waals surface area contributed by atoms with E-state index in [9.17, 15) is 4.79 Å². The number of rotatable bonds is 3. The lowest BCUT2D eigenvalue weighted by Crippen LogP contribution is -2.45. The molecule has 3 N–H and O–H groups in total. The minimum Gasteiger partial charge on any atom is -0.325 e. The predicted octanol–water partition coefficient (Wildman–Crippen LogP) is 2.72. The molecule has 3 nitrogen and oxygen atoms in total. The monoisotopic (exact) mass is 252 g/mol. The van der Waals surface area contributed by atoms with E-state index in [1.165, 1.54) is 4.90 Å². The van der Waals surface area contributed by atoms with Crippen LogP contribution >= 0.6 is 11.8 Å². The number of carbonyl (C=O) groups is 1. The van der Waals surface area contributed by atoms with Crippen LogP contribution in [-0.2, 0) is 4.79 Å². The first-order chi connectivity index (χ1) is 7.84. The molecule has 4 heteroatoms. The van der Waals surface area contributed by atoms with Gasteiger partial charge in [0.15, 0.2) is 0 Å². The van der Waals surface area contributed by atoms with Crippen LogP contribution in [0.25, 0.3) is 0 Å². The molecule has 1 rings (SSSR count). The van der Waals surface area contributed by atoms with Gasteiger partial charge in [-0.25, -0.2) is 0 Å². The van der Waals surface area contributed by atoms with Gasteiger partial charge in [0.25, 0.3) is 0 Å². The molecule has 0 unspecified atom stereocenters. The number of benzene rings is 1. The molecule has 1 atom stereocenters. The van der Waals surface area contributed by atoms with Gasteiger partial charge in [0.05, 0.1) is 6.04 Å². The van der Waals surface area contributed by atoms with Gasteiger partial charge in [-0.1, -0.05) is 20.8 Å². The van der Waals surface area contributed by atoms with E-state index in [0.29, 0.717) is 0 Å². The van der Waals surface area contributed by atoms with Gasteiger partial charge < -0.3 is 11.1 Å². The first-order valence-corrected chi connectivity index (χ1v) is 6.77. The van der Waals surface area contributed by atoms with Crippen molar-refractivity contribution >= 4 is 23.4 Å². The molecule has 0 bridgehead atoms. The lowest BCUT2D eigenvalue weighted by Gasteiger charge is -2.25. The highest BCUT2D eigenvalue weighted by Crippen LogP contribution is 2.20. The largest absolute Gasteiger partial charge is 0.325 e. The van der Waals surface area contributed by atoms with E-state index in [0.717, 1.165) is 5.69 Å². The van der Waals surface area contributed by atoms with Crippen LogP contribution in [0.15, 0.2) is 29.2 Å². The zero-order chi connectivity index (χ0) is 13.1. The van der Waals surface area contributed by atoms with E-state index in [1.54, 1.807) is 11.8 Å². The smallest absolute Gasteiger partial charge is 0.241 e. The molecule has 0 spiro atoms. The zero-order valence-corrected chi connectivity index (χ0v) is 11.6. The molecule has 0 saturated heterocycles. The SMILES string of the molecule is CSc1ccc(NC(=O)[C@H](N)C(C)(C)C)cc1. The maximum Gasteiger partial charge on any atom is 0.241 e. The third-order valence-corrected chi connectivity index (χ3v) is 3.32. The number of hydrogen-bond donors (Lipinski definition) is 2. The van der Waals surface area contributed by atoms with E-state index in [-0.39, 0.29) is 11.3 Å². The normalized spacial score (nSPS) is 13.2. The van der Waals surface area contributed by atoms with Gasteiger partial charge in [0.1, 0.15) is 0 Å². The highest BCUT2D eigenvalue weighted by atomic mass is 32.2. The van der Waals surface area contributed by atoms with Gasteiger partial charge in [-0.15, -0.1) is 11.8 Å². The average molecular weight is 252 g/mol. The summed E-state index contributed by atoms with van der Waals surface area (Å²) >= 11 is 1.67. The number of thioether (sulfide) groups is 1. The van der Waals surface area contributed by atoms with Gasteiger partial charge >= 0.3 is 0 Å². The molecule has 1 aromatic carbocycles. The molecule has 0 aliphatic carbocycles. The lowest BCUT2D eigenvalue weighted by atomic mass is 9.87. The fourth-order valence-corrected chi connectivity index (χ4v) is 1.70. The number of carbonyl (C=O) groups excluding carboxylic acids is 1. The second-order valence-electron chi connectivity index (χ2n) is 5.06. The summed E-state index contributed by atoms with van der Waals surface area (Å²) in [5.41, 5.74) is 6.43. The minimum absolute atomic E-state index is 0.144. The second-order valence-corrected chi connectivity index (χ2v) is 5.94. The Morgan fingerprint density at radius 1 is 1.29 bits per heavy atom. The molecule has 0 aliphatic heterocycles. The van der Waals surface area contributed by atoms with Crippen LogP contribution in [0.5, 0.6) is 0 Å². The van der Waals surface area contributed by atoms with Crippen molar-refractivity contribution in [1.82, 2.24) is 0 Å². The van der Waals surface area contributed by atoms with Gasteiger partial charge in [-0.3, -0.25) is 4.79 Å². The van der Waals surface area contributed by atoms with Crippen LogP contribution in [-0.4, -0.2) is 18.2 Å². The van der Waals surface area contributed by atoms with E-state index in [1.807, 2.05) is 51.3 Å². The first kappa shape index (κ1) is 14.1. The number of nitrogens with one attached hydrogen (secondary N) is 1. The summed E-state index contributed by atoms with van der Waals surface area (Å²) in [5, 5.41) is 2.83. The van der Waals surface area contributed by atoms with Crippen LogP contribution in [0.3, 0.4) is 0 Å². The Morgan fingerprint density at radius 2 is 1.82 bits per heavy atom. The summed E-state index contributed by atoms with van der Waals surface area (Å²) in [7, 11) is 0. The Kier molecular flexibility index (Phi) is 4.60. The maximum absolute atomic E-state index is 11.9. The predicted molar refractivity (Wildman–Crippen MR) is 74.3 cm³/mol. The molecular weight excluding hydrogens is 232 g/mol. The van der Waals surface area contributed by atoms with E-state index < -0.39 is 6.04 Å². The van der Waals surface area contributed by atoms with Gasteiger partial charge in [-0.05, 0) is 35.9 Å². The molecule has 0 radical (unpaired) electrons. The van der Waals surface area contributed by atoms with Gasteiger partial charge in [0.2, 0.25) is 5.91 Å². The molecule has 1 amide bonds. The van der Waals surface area contributed by atoms with Crippen molar-refractivity contribution in [3.8, 4) is 0 Å². The zero-order valence-electron chi connectivity index (χ0n) is 10.8. The molecule has 17 heavy (non-hydrogen) atoms. The van der Waals surface area contributed by atoms with Crippen molar-refractivity contribution in [2.75, 3.05) is 11.6 Å². The van der Waals surface area contributed by atoms with Crippen LogP contribution in [0.2, 0.25) is 0 Å². The number of nitrogens with two attached hydrogens (primary N) is 1. The molecule has 0 fully saturated rings. The third-order valence-electron chi connectivity index (χ3n) is 2.57. The summed E-state index contributed by atoms with van der Waals surface area (Å²) in [6.07, 6.45) is 2.02. The van der Waals surface area contributed by atoms with E-state index in [4.69, 9.17) is 5.73 Å². The summed E-state index contributed by atoms with van der Waals surface area (Å²) in [6, 6.07) is 7.21. The third kappa shape index (κ3) is 4.06. The molecule has 0 heterocycles. The van der Waals surface area contributed by atoms with E-state index in [2.05, 4.69) is 5.32 Å². The van der Waals surface area contributed by atoms with Crippen molar-refractivity contribution in [3.05, 3.63) is 24.3 Å². The summed E-state index contributed by atoms with van der Waals surface area (Å²) in [6.45, 7) is 5.86. The lowest BCUT2D eigenvalue weighted by molar-refractivity contribution is -0.119. The first-order valence-electron chi connectivity index (χ1n) is 5.55. The Balaban J connectivity index is 2.68. The van der Waals surface area contributed by atoms with Crippen LogP contribution in [0, 0.1) is 5.41 Å². The number of amides is 1. The van der Waals surface area contributed by atoms with Crippen LogP contribution in [0.4, 0.5) is 5.69 Å². The summed E-state index contributed by atoms with van der Waals surface area (Å²) in [4.78, 5) is 13.0. The molecule has 1 aromatic rings. The maximum atomic E-state index is 11.9. The second kappa shape index (κ2) is 5.56. The molecular formula is C13H20N2OS. The fourth-order valence-electron chi connectivity index (χ4n) is 1.29. The van der Waals surface area contributed by atoms with Crippen molar-refractivity contribution in [2.24, 2.45) is 11.1 Å². The Labute approximate surface area is 107 Å². The van der Waals surface area contributed by atoms with Gasteiger partial charge in [-0.2, -0.15) is 0 Å². The average Bonchev–Trinajstić information content (AvgIpc) is 2.27. The Hall–Kier alpha value is -1.00. The number of anilines is 1. The minimum atomic E-state index is -0.511. The van der Waals surface area contributed by atoms with Crippen LogP contribution < -0.4 is 11.1 Å². The fraction of sp³-hybridized carbons (Fsp3) is 0.462. The number of hydrogen-bond acceptors (Lipinski definition) is 3. The highest BCUT2D eigenvalue weighted by molar-refractivity contribution is 7.98. The molecule has 0 aromatic heterocycles. The molecule has 0 aliphatic rings. The van der Waals surface area contributed by atoms with Crippen molar-refractivity contribution in [1.29, 1.82) is 0 Å².